The first kappa shape index (κ1) is 13.6. The van der Waals surface area contributed by atoms with Crippen LogP contribution in [0.3, 0.4) is 0 Å². The Morgan fingerprint density at radius 1 is 1.00 bits per heavy atom. The second kappa shape index (κ2) is 5.27. The zero-order valence-electron chi connectivity index (χ0n) is 12.6. The van der Waals surface area contributed by atoms with Crippen molar-refractivity contribution in [3.63, 3.8) is 0 Å². The van der Waals surface area contributed by atoms with Crippen LogP contribution in [0, 0.1) is 0 Å². The Balaban J connectivity index is 1.92. The Hall–Kier alpha value is -2.10. The average molecular weight is 296 g/mol. The van der Waals surface area contributed by atoms with Gasteiger partial charge in [-0.2, -0.15) is 5.10 Å². The lowest BCUT2D eigenvalue weighted by atomic mass is 9.90. The van der Waals surface area contributed by atoms with Crippen LogP contribution in [0.1, 0.15) is 58.6 Å². The van der Waals surface area contributed by atoms with Crippen molar-refractivity contribution in [1.29, 1.82) is 0 Å². The van der Waals surface area contributed by atoms with E-state index >= 15 is 0 Å². The highest BCUT2D eigenvalue weighted by Crippen LogP contribution is 2.31. The van der Waals surface area contributed by atoms with Gasteiger partial charge in [0.15, 0.2) is 5.69 Å². The van der Waals surface area contributed by atoms with E-state index in [2.05, 4.69) is 23.3 Å². The van der Waals surface area contributed by atoms with Crippen LogP contribution >= 0.6 is 0 Å². The SMILES string of the molecule is O=C(O)c1nn(-c2cccc3c2CCCC3)c2c1CCCC2. The maximum Gasteiger partial charge on any atom is 0.356 e. The number of rotatable bonds is 2. The zero-order valence-corrected chi connectivity index (χ0v) is 12.6. The van der Waals surface area contributed by atoms with E-state index in [-0.39, 0.29) is 5.69 Å². The number of fused-ring (bicyclic) bond motifs is 2. The molecule has 0 spiro atoms. The minimum absolute atomic E-state index is 0.253. The third kappa shape index (κ3) is 2.05. The fourth-order valence-electron chi connectivity index (χ4n) is 3.93. The Kier molecular flexibility index (Phi) is 3.25. The van der Waals surface area contributed by atoms with Crippen molar-refractivity contribution < 1.29 is 9.90 Å². The maximum absolute atomic E-state index is 11.5. The summed E-state index contributed by atoms with van der Waals surface area (Å²) in [5.41, 5.74) is 6.18. The van der Waals surface area contributed by atoms with Crippen LogP contribution < -0.4 is 0 Å². The van der Waals surface area contributed by atoms with Crippen molar-refractivity contribution in [3.05, 3.63) is 46.3 Å². The van der Waals surface area contributed by atoms with Crippen LogP contribution in [0.4, 0.5) is 0 Å². The number of aromatic carboxylic acids is 1. The van der Waals surface area contributed by atoms with Gasteiger partial charge in [-0.05, 0) is 68.6 Å². The lowest BCUT2D eigenvalue weighted by molar-refractivity contribution is 0.0688. The molecule has 1 N–H and O–H groups in total. The summed E-state index contributed by atoms with van der Waals surface area (Å²) >= 11 is 0. The molecular formula is C18H20N2O2. The lowest BCUT2D eigenvalue weighted by Crippen LogP contribution is -2.12. The summed E-state index contributed by atoms with van der Waals surface area (Å²) in [5.74, 6) is -0.901. The van der Waals surface area contributed by atoms with E-state index in [0.717, 1.165) is 55.5 Å². The summed E-state index contributed by atoms with van der Waals surface area (Å²) in [5, 5.41) is 14.0. The first-order valence-electron chi connectivity index (χ1n) is 8.21. The van der Waals surface area contributed by atoms with Gasteiger partial charge in [-0.25, -0.2) is 9.48 Å². The monoisotopic (exact) mass is 296 g/mol. The average Bonchev–Trinajstić information content (AvgIpc) is 2.94. The van der Waals surface area contributed by atoms with Gasteiger partial charge in [-0.15, -0.1) is 0 Å². The van der Waals surface area contributed by atoms with E-state index in [4.69, 9.17) is 0 Å². The van der Waals surface area contributed by atoms with Crippen LogP contribution in [0.2, 0.25) is 0 Å². The Labute approximate surface area is 129 Å². The standard InChI is InChI=1S/C18H20N2O2/c21-18(22)17-14-9-3-4-10-16(14)20(19-17)15-11-5-7-12-6-1-2-8-13(12)15/h5,7,11H,1-4,6,8-10H2,(H,21,22). The number of aromatic nitrogens is 2. The van der Waals surface area contributed by atoms with Crippen molar-refractivity contribution in [2.24, 2.45) is 0 Å². The summed E-state index contributed by atoms with van der Waals surface area (Å²) in [7, 11) is 0. The number of carbonyl (C=O) groups is 1. The molecule has 2 aliphatic carbocycles. The number of carboxylic acid groups (broad SMARTS) is 1. The predicted molar refractivity (Wildman–Crippen MR) is 83.8 cm³/mol. The molecule has 4 nitrogen and oxygen atoms in total. The highest BCUT2D eigenvalue weighted by atomic mass is 16.4. The van der Waals surface area contributed by atoms with Gasteiger partial charge in [0.1, 0.15) is 0 Å². The van der Waals surface area contributed by atoms with Crippen molar-refractivity contribution >= 4 is 5.97 Å². The molecule has 0 aliphatic heterocycles. The molecule has 114 valence electrons. The van der Waals surface area contributed by atoms with Crippen molar-refractivity contribution in [3.8, 4) is 5.69 Å². The van der Waals surface area contributed by atoms with Crippen molar-refractivity contribution in [2.45, 2.75) is 51.4 Å². The number of benzene rings is 1. The fourth-order valence-corrected chi connectivity index (χ4v) is 3.93. The third-order valence-corrected chi connectivity index (χ3v) is 4.98. The minimum Gasteiger partial charge on any atom is -0.476 e. The summed E-state index contributed by atoms with van der Waals surface area (Å²) in [4.78, 5) is 11.5. The normalized spacial score (nSPS) is 16.9. The van der Waals surface area contributed by atoms with Gasteiger partial charge in [0.05, 0.1) is 5.69 Å². The Bertz CT molecular complexity index is 746. The van der Waals surface area contributed by atoms with Crippen LogP contribution in [0.5, 0.6) is 0 Å². The van der Waals surface area contributed by atoms with Crippen molar-refractivity contribution in [2.75, 3.05) is 0 Å². The number of hydrogen-bond donors (Lipinski definition) is 1. The number of aryl methyl sites for hydroxylation is 1. The van der Waals surface area contributed by atoms with Gasteiger partial charge in [-0.3, -0.25) is 0 Å². The van der Waals surface area contributed by atoms with E-state index in [1.165, 1.54) is 24.0 Å². The van der Waals surface area contributed by atoms with Gasteiger partial charge in [0, 0.05) is 11.3 Å². The highest BCUT2D eigenvalue weighted by Gasteiger charge is 2.26. The lowest BCUT2D eigenvalue weighted by Gasteiger charge is -2.21. The molecule has 2 aromatic rings. The van der Waals surface area contributed by atoms with Gasteiger partial charge < -0.3 is 5.11 Å². The molecule has 4 rings (SSSR count). The molecule has 0 amide bonds. The van der Waals surface area contributed by atoms with Gasteiger partial charge >= 0.3 is 5.97 Å². The molecule has 2 aliphatic rings. The second-order valence-corrected chi connectivity index (χ2v) is 6.32. The number of nitrogens with zero attached hydrogens (tertiary/aromatic N) is 2. The first-order valence-corrected chi connectivity index (χ1v) is 8.21. The van der Waals surface area contributed by atoms with E-state index in [9.17, 15) is 9.90 Å². The highest BCUT2D eigenvalue weighted by molar-refractivity contribution is 5.87. The smallest absolute Gasteiger partial charge is 0.356 e. The van der Waals surface area contributed by atoms with E-state index in [1.54, 1.807) is 0 Å². The molecule has 0 fully saturated rings. The van der Waals surface area contributed by atoms with Gasteiger partial charge in [0.25, 0.3) is 0 Å². The molecule has 1 aromatic heterocycles. The molecule has 4 heteroatoms. The number of carboxylic acids is 1. The van der Waals surface area contributed by atoms with Crippen LogP contribution in [-0.2, 0) is 25.7 Å². The fraction of sp³-hybridized carbons (Fsp3) is 0.444. The summed E-state index contributed by atoms with van der Waals surface area (Å²) < 4.78 is 1.93. The molecule has 1 heterocycles. The molecule has 0 saturated heterocycles. The largest absolute Gasteiger partial charge is 0.476 e. The van der Waals surface area contributed by atoms with Crippen molar-refractivity contribution in [1.82, 2.24) is 9.78 Å². The van der Waals surface area contributed by atoms with E-state index < -0.39 is 5.97 Å². The summed E-state index contributed by atoms with van der Waals surface area (Å²) in [6.45, 7) is 0. The minimum atomic E-state index is -0.901. The molecule has 0 unspecified atom stereocenters. The summed E-state index contributed by atoms with van der Waals surface area (Å²) in [6.07, 6.45) is 8.60. The number of hydrogen-bond acceptors (Lipinski definition) is 2. The van der Waals surface area contributed by atoms with E-state index in [0.29, 0.717) is 0 Å². The van der Waals surface area contributed by atoms with Crippen LogP contribution in [0.25, 0.3) is 5.69 Å². The maximum atomic E-state index is 11.5. The molecule has 0 saturated carbocycles. The summed E-state index contributed by atoms with van der Waals surface area (Å²) in [6, 6.07) is 6.38. The van der Waals surface area contributed by atoms with E-state index in [1.807, 2.05) is 4.68 Å². The third-order valence-electron chi connectivity index (χ3n) is 4.98. The second-order valence-electron chi connectivity index (χ2n) is 6.32. The van der Waals surface area contributed by atoms with Gasteiger partial charge in [0.2, 0.25) is 0 Å². The van der Waals surface area contributed by atoms with Crippen LogP contribution in [-0.4, -0.2) is 20.9 Å². The Morgan fingerprint density at radius 2 is 1.73 bits per heavy atom. The zero-order chi connectivity index (χ0) is 15.1. The topological polar surface area (TPSA) is 55.1 Å². The predicted octanol–water partition coefficient (Wildman–Crippen LogP) is 3.33. The molecule has 22 heavy (non-hydrogen) atoms. The molecule has 0 radical (unpaired) electrons. The Morgan fingerprint density at radius 3 is 2.55 bits per heavy atom. The molecule has 0 bridgehead atoms. The molecule has 0 atom stereocenters. The molecule has 1 aromatic carbocycles. The van der Waals surface area contributed by atoms with Crippen LogP contribution in [0.15, 0.2) is 18.2 Å². The quantitative estimate of drug-likeness (QED) is 0.925. The first-order chi connectivity index (χ1) is 10.8. The van der Waals surface area contributed by atoms with Gasteiger partial charge in [-0.1, -0.05) is 12.1 Å². The molecular weight excluding hydrogens is 276 g/mol.